The van der Waals surface area contributed by atoms with E-state index in [0.29, 0.717) is 5.92 Å². The van der Waals surface area contributed by atoms with Gasteiger partial charge in [0.2, 0.25) is 0 Å². The smallest absolute Gasteiger partial charge is 0.315 e. The van der Waals surface area contributed by atoms with Gasteiger partial charge in [-0.1, -0.05) is 55.8 Å². The minimum absolute atomic E-state index is 0.0512. The quantitative estimate of drug-likeness (QED) is 0.577. The number of benzene rings is 1. The molecule has 5 rings (SSSR count). The number of esters is 1. The minimum Gasteiger partial charge on any atom is -0.461 e. The molecule has 2 aliphatic carbocycles. The van der Waals surface area contributed by atoms with Gasteiger partial charge in [-0.3, -0.25) is 4.79 Å². The van der Waals surface area contributed by atoms with Gasteiger partial charge in [-0.05, 0) is 49.5 Å². The van der Waals surface area contributed by atoms with Gasteiger partial charge in [-0.2, -0.15) is 0 Å². The molecule has 2 heterocycles. The third kappa shape index (κ3) is 3.76. The number of piperidine rings is 1. The summed E-state index contributed by atoms with van der Waals surface area (Å²) in [5, 5.41) is 11.5. The molecule has 0 unspecified atom stereocenters. The largest absolute Gasteiger partial charge is 0.461 e. The van der Waals surface area contributed by atoms with Crippen LogP contribution >= 0.6 is 0 Å². The molecule has 0 spiro atoms. The molecule has 2 N–H and O–H groups in total. The van der Waals surface area contributed by atoms with Crippen LogP contribution in [0.4, 0.5) is 0 Å². The predicted octanol–water partition coefficient (Wildman–Crippen LogP) is 2.81. The number of quaternary nitrogens is 1. The molecule has 1 aromatic carbocycles. The van der Waals surface area contributed by atoms with E-state index in [1.165, 1.54) is 28.9 Å². The third-order valence-electron chi connectivity index (χ3n) is 9.26. The minimum atomic E-state index is -0.487. The highest BCUT2D eigenvalue weighted by molar-refractivity contribution is 5.76. The highest BCUT2D eigenvalue weighted by Gasteiger charge is 2.60. The Hall–Kier alpha value is -1.65. The molecule has 0 amide bonds. The number of allylic oxidation sites excluding steroid dienone is 1. The SMILES string of the molecule is C[C@@H]1CCC=C2C[C@H]3OC(=O)[C@H](C[NH+]4CCC(Cc5ccccc5)CC4)[C@H]3[C@H](O)[C@@]21C. The van der Waals surface area contributed by atoms with Crippen molar-refractivity contribution in [2.45, 2.75) is 64.6 Å². The van der Waals surface area contributed by atoms with E-state index in [1.807, 2.05) is 0 Å². The number of rotatable bonds is 4. The van der Waals surface area contributed by atoms with Crippen LogP contribution in [0.15, 0.2) is 42.0 Å². The van der Waals surface area contributed by atoms with Gasteiger partial charge in [0.1, 0.15) is 12.0 Å². The van der Waals surface area contributed by atoms with E-state index < -0.39 is 6.10 Å². The lowest BCUT2D eigenvalue weighted by Crippen LogP contribution is -3.14. The summed E-state index contributed by atoms with van der Waals surface area (Å²) in [4.78, 5) is 14.4. The summed E-state index contributed by atoms with van der Waals surface area (Å²) in [6.45, 7) is 7.55. The summed E-state index contributed by atoms with van der Waals surface area (Å²) >= 11 is 0. The van der Waals surface area contributed by atoms with E-state index in [1.54, 1.807) is 0 Å². The number of ether oxygens (including phenoxy) is 1. The zero-order valence-corrected chi connectivity index (χ0v) is 19.1. The molecular formula is C27H38NO3+. The predicted molar refractivity (Wildman–Crippen MR) is 121 cm³/mol. The van der Waals surface area contributed by atoms with Crippen molar-refractivity contribution >= 4 is 5.97 Å². The zero-order valence-electron chi connectivity index (χ0n) is 19.1. The number of aliphatic hydroxyl groups excluding tert-OH is 1. The fourth-order valence-electron chi connectivity index (χ4n) is 7.05. The van der Waals surface area contributed by atoms with Gasteiger partial charge in [-0.25, -0.2) is 0 Å². The number of likely N-dealkylation sites (tertiary alicyclic amines) is 1. The van der Waals surface area contributed by atoms with Crippen LogP contribution in [0.1, 0.15) is 51.5 Å². The Morgan fingerprint density at radius 1 is 1.16 bits per heavy atom. The van der Waals surface area contributed by atoms with Crippen LogP contribution in [0.5, 0.6) is 0 Å². The van der Waals surface area contributed by atoms with Crippen molar-refractivity contribution < 1.29 is 19.5 Å². The third-order valence-corrected chi connectivity index (χ3v) is 9.26. The molecule has 4 nitrogen and oxygen atoms in total. The number of carbonyl (C=O) groups excluding carboxylic acids is 1. The van der Waals surface area contributed by atoms with Crippen molar-refractivity contribution in [3.05, 3.63) is 47.5 Å². The number of aliphatic hydroxyl groups is 1. The first-order valence-electron chi connectivity index (χ1n) is 12.4. The maximum atomic E-state index is 12.9. The van der Waals surface area contributed by atoms with Gasteiger partial charge in [0.15, 0.2) is 0 Å². The summed E-state index contributed by atoms with van der Waals surface area (Å²) < 4.78 is 5.87. The fourth-order valence-corrected chi connectivity index (χ4v) is 7.05. The number of nitrogens with one attached hydrogen (secondary N) is 1. The number of carbonyl (C=O) groups is 1. The zero-order chi connectivity index (χ0) is 21.6. The normalized spacial score (nSPS) is 42.4. The van der Waals surface area contributed by atoms with Gasteiger partial charge in [-0.15, -0.1) is 0 Å². The highest BCUT2D eigenvalue weighted by atomic mass is 16.6. The average molecular weight is 425 g/mol. The molecular weight excluding hydrogens is 386 g/mol. The van der Waals surface area contributed by atoms with Crippen LogP contribution in [0, 0.1) is 29.1 Å². The molecule has 3 fully saturated rings. The van der Waals surface area contributed by atoms with Gasteiger partial charge >= 0.3 is 5.97 Å². The molecule has 31 heavy (non-hydrogen) atoms. The van der Waals surface area contributed by atoms with E-state index >= 15 is 0 Å². The van der Waals surface area contributed by atoms with Crippen molar-refractivity contribution in [3.8, 4) is 0 Å². The Bertz CT molecular complexity index is 828. The highest BCUT2D eigenvalue weighted by Crippen LogP contribution is 2.55. The van der Waals surface area contributed by atoms with Crippen molar-refractivity contribution in [1.82, 2.24) is 0 Å². The van der Waals surface area contributed by atoms with Crippen molar-refractivity contribution in [2.24, 2.45) is 29.1 Å². The summed E-state index contributed by atoms with van der Waals surface area (Å²) in [5.74, 6) is 0.909. The standard InChI is InChI=1S/C27H37NO3/c1-18-7-6-10-21-16-23-24(25(29)27(18,21)2)22(26(30)31-23)17-28-13-11-20(12-14-28)15-19-8-4-3-5-9-19/h3-5,8-10,18,20,22-25,29H,6-7,11-17H2,1-2H3/p+1/t18-,22-,23-,24-,25+,27-/m1/s1. The number of hydrogen-bond acceptors (Lipinski definition) is 3. The summed E-state index contributed by atoms with van der Waals surface area (Å²) in [6, 6.07) is 10.8. The Kier molecular flexibility index (Phi) is 5.72. The van der Waals surface area contributed by atoms with E-state index in [0.717, 1.165) is 51.2 Å². The summed E-state index contributed by atoms with van der Waals surface area (Å²) in [6.07, 6.45) is 8.29. The Morgan fingerprint density at radius 3 is 2.65 bits per heavy atom. The van der Waals surface area contributed by atoms with Crippen molar-refractivity contribution in [3.63, 3.8) is 0 Å². The Morgan fingerprint density at radius 2 is 1.90 bits per heavy atom. The molecule has 0 radical (unpaired) electrons. The molecule has 1 aromatic rings. The van der Waals surface area contributed by atoms with Crippen LogP contribution in [0.25, 0.3) is 0 Å². The molecule has 4 aliphatic rings. The average Bonchev–Trinajstić information content (AvgIpc) is 3.07. The van der Waals surface area contributed by atoms with Crippen LogP contribution < -0.4 is 4.90 Å². The van der Waals surface area contributed by atoms with Crippen LogP contribution in [0.3, 0.4) is 0 Å². The first kappa shape index (κ1) is 21.2. The second kappa shape index (κ2) is 8.37. The van der Waals surface area contributed by atoms with Gasteiger partial charge < -0.3 is 14.7 Å². The van der Waals surface area contributed by atoms with E-state index in [4.69, 9.17) is 4.74 Å². The fraction of sp³-hybridized carbons (Fsp3) is 0.667. The van der Waals surface area contributed by atoms with Gasteiger partial charge in [0, 0.05) is 17.8 Å². The summed E-state index contributed by atoms with van der Waals surface area (Å²) in [5.41, 5.74) is 2.55. The van der Waals surface area contributed by atoms with Crippen LogP contribution in [0.2, 0.25) is 0 Å². The van der Waals surface area contributed by atoms with Crippen molar-refractivity contribution in [1.29, 1.82) is 0 Å². The Labute approximate surface area is 186 Å². The molecule has 2 aliphatic heterocycles. The monoisotopic (exact) mass is 424 g/mol. The van der Waals surface area contributed by atoms with Gasteiger partial charge in [0.25, 0.3) is 0 Å². The first-order valence-corrected chi connectivity index (χ1v) is 12.4. The molecule has 6 atom stereocenters. The van der Waals surface area contributed by atoms with Gasteiger partial charge in [0.05, 0.1) is 25.7 Å². The second-order valence-electron chi connectivity index (χ2n) is 10.9. The molecule has 4 heteroatoms. The molecule has 0 aromatic heterocycles. The lowest BCUT2D eigenvalue weighted by Gasteiger charge is -2.51. The molecule has 2 saturated heterocycles. The second-order valence-corrected chi connectivity index (χ2v) is 10.9. The van der Waals surface area contributed by atoms with Crippen molar-refractivity contribution in [2.75, 3.05) is 19.6 Å². The van der Waals surface area contributed by atoms with Crippen LogP contribution in [-0.2, 0) is 16.0 Å². The Balaban J connectivity index is 1.24. The number of hydrogen-bond donors (Lipinski definition) is 2. The van der Waals surface area contributed by atoms with Crippen LogP contribution in [-0.4, -0.2) is 42.9 Å². The maximum absolute atomic E-state index is 12.9. The van der Waals surface area contributed by atoms with E-state index in [-0.39, 0.29) is 29.3 Å². The summed E-state index contributed by atoms with van der Waals surface area (Å²) in [7, 11) is 0. The lowest BCUT2D eigenvalue weighted by atomic mass is 9.55. The molecule has 0 bridgehead atoms. The number of fused-ring (bicyclic) bond motifs is 2. The maximum Gasteiger partial charge on any atom is 0.315 e. The van der Waals surface area contributed by atoms with E-state index in [2.05, 4.69) is 50.3 Å². The molecule has 168 valence electrons. The topological polar surface area (TPSA) is 51.0 Å². The van der Waals surface area contributed by atoms with E-state index in [9.17, 15) is 9.90 Å². The molecule has 1 saturated carbocycles. The lowest BCUT2D eigenvalue weighted by molar-refractivity contribution is -0.909. The first-order chi connectivity index (χ1) is 15.0.